The fourth-order valence-corrected chi connectivity index (χ4v) is 0.577. The van der Waals surface area contributed by atoms with Gasteiger partial charge in [0.15, 0.2) is 0 Å². The van der Waals surface area contributed by atoms with Gasteiger partial charge in [-0.25, -0.2) is 0 Å². The molecular weight excluding hydrogens is 293 g/mol. The maximum Gasteiger partial charge on any atom is 3.00 e. The van der Waals surface area contributed by atoms with E-state index in [1.54, 1.807) is 55.4 Å². The first kappa shape index (κ1) is 14.3. The van der Waals surface area contributed by atoms with E-state index in [0.717, 1.165) is 0 Å². The van der Waals surface area contributed by atoms with Crippen molar-refractivity contribution in [1.82, 2.24) is 30.6 Å². The average Bonchev–Trinajstić information content (AvgIpc) is 3.09. The largest absolute Gasteiger partial charge is 3.00 e. The summed E-state index contributed by atoms with van der Waals surface area (Å²) >= 11 is 0. The third-order valence-corrected chi connectivity index (χ3v) is 1.12. The molecule has 0 unspecified atom stereocenters. The first-order chi connectivity index (χ1) is 7.50. The maximum absolute atomic E-state index is 3.47. The van der Waals surface area contributed by atoms with E-state index in [-0.39, 0.29) is 19.5 Å². The Morgan fingerprint density at radius 3 is 0.938 bits per heavy atom. The SMILES string of the molecule is [Ru+3].c1cn[n-]c1.c1cn[n-]c1.c1cn[n-]c1. The molecule has 0 aromatic carbocycles. The molecule has 7 heteroatoms. The molecule has 0 spiro atoms. The van der Waals surface area contributed by atoms with Crippen molar-refractivity contribution in [2.24, 2.45) is 0 Å². The fraction of sp³-hybridized carbons (Fsp3) is 0. The minimum absolute atomic E-state index is 0. The van der Waals surface area contributed by atoms with Crippen LogP contribution in [0.25, 0.3) is 0 Å². The Kier molecular flexibility index (Phi) is 10.1. The van der Waals surface area contributed by atoms with Gasteiger partial charge in [0.1, 0.15) is 0 Å². The van der Waals surface area contributed by atoms with Crippen molar-refractivity contribution in [2.75, 3.05) is 0 Å². The molecular formula is C9H9N6Ru. The standard InChI is InChI=1S/3C3H3N2.Ru/c3*1-2-4-5-3-1;/h3*1-3H;/q3*-1;+3. The van der Waals surface area contributed by atoms with Crippen molar-refractivity contribution in [1.29, 1.82) is 0 Å². The Hall–Kier alpha value is -1.75. The molecule has 6 nitrogen and oxygen atoms in total. The summed E-state index contributed by atoms with van der Waals surface area (Å²) in [4.78, 5) is 0. The quantitative estimate of drug-likeness (QED) is 0.548. The minimum Gasteiger partial charge on any atom is -0.582 e. The van der Waals surface area contributed by atoms with Crippen LogP contribution < -0.4 is 15.3 Å². The second-order valence-electron chi connectivity index (χ2n) is 2.16. The second kappa shape index (κ2) is 11.3. The average molecular weight is 302 g/mol. The van der Waals surface area contributed by atoms with Crippen LogP contribution >= 0.6 is 0 Å². The van der Waals surface area contributed by atoms with Crippen molar-refractivity contribution in [3.8, 4) is 0 Å². The molecule has 0 fully saturated rings. The summed E-state index contributed by atoms with van der Waals surface area (Å²) in [6, 6.07) is 5.33. The van der Waals surface area contributed by atoms with Crippen LogP contribution in [0.3, 0.4) is 0 Å². The summed E-state index contributed by atoms with van der Waals surface area (Å²) in [5, 5.41) is 20.8. The zero-order valence-corrected chi connectivity index (χ0v) is 9.97. The molecule has 0 N–H and O–H groups in total. The molecule has 0 aliphatic rings. The van der Waals surface area contributed by atoms with E-state index >= 15 is 0 Å². The number of rotatable bonds is 0. The van der Waals surface area contributed by atoms with Crippen LogP contribution in [0.2, 0.25) is 0 Å². The van der Waals surface area contributed by atoms with Gasteiger partial charge in [-0.05, 0) is 0 Å². The zero-order chi connectivity index (χ0) is 10.6. The molecule has 0 bridgehead atoms. The molecule has 0 saturated carbocycles. The molecule has 0 atom stereocenters. The van der Waals surface area contributed by atoms with Gasteiger partial charge in [-0.1, -0.05) is 18.2 Å². The third kappa shape index (κ3) is 8.83. The maximum atomic E-state index is 3.47. The predicted octanol–water partition coefficient (Wildman–Crippen LogP) is 0.114. The zero-order valence-electron chi connectivity index (χ0n) is 8.23. The van der Waals surface area contributed by atoms with E-state index in [9.17, 15) is 0 Å². The molecule has 3 rings (SSSR count). The van der Waals surface area contributed by atoms with Crippen molar-refractivity contribution in [3.05, 3.63) is 55.4 Å². The second-order valence-corrected chi connectivity index (χ2v) is 2.16. The van der Waals surface area contributed by atoms with Gasteiger partial charge in [0.2, 0.25) is 0 Å². The number of nitrogens with zero attached hydrogens (tertiary/aromatic N) is 6. The molecule has 83 valence electrons. The van der Waals surface area contributed by atoms with E-state index in [2.05, 4.69) is 30.6 Å². The van der Waals surface area contributed by atoms with E-state index < -0.39 is 0 Å². The topological polar surface area (TPSA) is 81.0 Å². The Balaban J connectivity index is 0.000000205. The summed E-state index contributed by atoms with van der Waals surface area (Å²) in [6.07, 6.45) is 9.83. The van der Waals surface area contributed by atoms with Gasteiger partial charge in [0.05, 0.1) is 0 Å². The van der Waals surface area contributed by atoms with Crippen LogP contribution in [0.1, 0.15) is 0 Å². The van der Waals surface area contributed by atoms with Gasteiger partial charge >= 0.3 is 19.5 Å². The van der Waals surface area contributed by atoms with E-state index in [1.165, 1.54) is 0 Å². The van der Waals surface area contributed by atoms with Crippen LogP contribution in [0.4, 0.5) is 0 Å². The Morgan fingerprint density at radius 2 is 0.875 bits per heavy atom. The molecule has 0 saturated heterocycles. The first-order valence-electron chi connectivity index (χ1n) is 4.15. The third-order valence-electron chi connectivity index (χ3n) is 1.12. The minimum atomic E-state index is 0. The molecule has 3 aromatic heterocycles. The van der Waals surface area contributed by atoms with Crippen LogP contribution in [0.5, 0.6) is 0 Å². The van der Waals surface area contributed by atoms with Crippen LogP contribution in [0.15, 0.2) is 55.4 Å². The summed E-state index contributed by atoms with van der Waals surface area (Å²) in [6.45, 7) is 0. The molecule has 3 aromatic rings. The summed E-state index contributed by atoms with van der Waals surface area (Å²) in [5.74, 6) is 0. The molecule has 0 amide bonds. The van der Waals surface area contributed by atoms with Gasteiger partial charge in [0.25, 0.3) is 0 Å². The monoisotopic (exact) mass is 303 g/mol. The van der Waals surface area contributed by atoms with Crippen molar-refractivity contribution in [3.63, 3.8) is 0 Å². The summed E-state index contributed by atoms with van der Waals surface area (Å²) in [5.41, 5.74) is 0. The summed E-state index contributed by atoms with van der Waals surface area (Å²) in [7, 11) is 0. The number of hydrogen-bond acceptors (Lipinski definition) is 3. The van der Waals surface area contributed by atoms with Crippen molar-refractivity contribution in [2.45, 2.75) is 0 Å². The van der Waals surface area contributed by atoms with E-state index in [0.29, 0.717) is 0 Å². The molecule has 0 aliphatic carbocycles. The van der Waals surface area contributed by atoms with E-state index in [1.807, 2.05) is 0 Å². The van der Waals surface area contributed by atoms with Gasteiger partial charge in [-0.3, -0.25) is 0 Å². The molecule has 3 heterocycles. The van der Waals surface area contributed by atoms with Crippen LogP contribution in [0, 0.1) is 0 Å². The van der Waals surface area contributed by atoms with Crippen molar-refractivity contribution < 1.29 is 19.5 Å². The van der Waals surface area contributed by atoms with Gasteiger partial charge in [-0.2, -0.15) is 18.6 Å². The Bertz CT molecular complexity index is 252. The molecule has 0 aliphatic heterocycles. The van der Waals surface area contributed by atoms with Crippen LogP contribution in [-0.4, -0.2) is 15.3 Å². The number of aromatic nitrogens is 6. The summed E-state index contributed by atoms with van der Waals surface area (Å²) < 4.78 is 0. The molecule has 1 radical (unpaired) electrons. The van der Waals surface area contributed by atoms with Gasteiger partial charge < -0.3 is 30.6 Å². The Labute approximate surface area is 106 Å². The predicted molar refractivity (Wildman–Crippen MR) is 52.7 cm³/mol. The number of hydrogen-bond donors (Lipinski definition) is 0. The first-order valence-corrected chi connectivity index (χ1v) is 4.15. The Morgan fingerprint density at radius 1 is 0.562 bits per heavy atom. The normalized spacial score (nSPS) is 7.50. The van der Waals surface area contributed by atoms with E-state index in [4.69, 9.17) is 0 Å². The van der Waals surface area contributed by atoms with Crippen molar-refractivity contribution >= 4 is 0 Å². The van der Waals surface area contributed by atoms with Gasteiger partial charge in [-0.15, -0.1) is 0 Å². The molecule has 16 heavy (non-hydrogen) atoms. The fourth-order valence-electron chi connectivity index (χ4n) is 0.577. The van der Waals surface area contributed by atoms with Gasteiger partial charge in [0, 0.05) is 18.6 Å². The smallest absolute Gasteiger partial charge is 0.582 e. The van der Waals surface area contributed by atoms with Crippen LogP contribution in [-0.2, 0) is 19.5 Å².